The molecule has 2 fully saturated rings. The average molecular weight is 442 g/mol. The molecule has 0 aliphatic carbocycles. The lowest BCUT2D eigenvalue weighted by atomic mass is 9.89. The topological polar surface area (TPSA) is 19.0 Å². The van der Waals surface area contributed by atoms with Crippen molar-refractivity contribution in [3.63, 3.8) is 0 Å². The highest BCUT2D eigenvalue weighted by Crippen LogP contribution is 2.29. The fraction of sp³-hybridized carbons (Fsp3) is 0.538. The monoisotopic (exact) mass is 441 g/mol. The minimum Gasteiger partial charge on any atom is -0.494 e. The van der Waals surface area contributed by atoms with Crippen molar-refractivity contribution in [2.45, 2.75) is 38.6 Å². The molecule has 0 aromatic heterocycles. The first-order valence-electron chi connectivity index (χ1n) is 11.8. The number of likely N-dealkylation sites (N-methyl/N-ethyl adjacent to an activating group) is 1. The molecule has 31 heavy (non-hydrogen) atoms. The smallest absolute Gasteiger partial charge is 0.119 e. The molecule has 4 rings (SSSR count). The summed E-state index contributed by atoms with van der Waals surface area (Å²) in [6.07, 6.45) is 4.79. The van der Waals surface area contributed by atoms with Gasteiger partial charge in [-0.3, -0.25) is 4.90 Å². The van der Waals surface area contributed by atoms with Gasteiger partial charge >= 0.3 is 0 Å². The molecular formula is C26H36ClN3O. The molecule has 2 heterocycles. The van der Waals surface area contributed by atoms with E-state index in [0.29, 0.717) is 18.6 Å². The Kier molecular flexibility index (Phi) is 7.76. The number of para-hydroxylation sites is 1. The Morgan fingerprint density at radius 3 is 2.48 bits per heavy atom. The zero-order chi connectivity index (χ0) is 21.6. The minimum absolute atomic E-state index is 0.647. The van der Waals surface area contributed by atoms with Crippen LogP contribution in [0.15, 0.2) is 48.5 Å². The molecular weight excluding hydrogens is 406 g/mol. The van der Waals surface area contributed by atoms with Crippen LogP contribution in [0.2, 0.25) is 5.02 Å². The van der Waals surface area contributed by atoms with Gasteiger partial charge in [-0.05, 0) is 94.6 Å². The van der Waals surface area contributed by atoms with Crippen molar-refractivity contribution in [2.75, 3.05) is 51.4 Å². The van der Waals surface area contributed by atoms with Crippen molar-refractivity contribution in [2.24, 2.45) is 5.92 Å². The predicted octanol–water partition coefficient (Wildman–Crippen LogP) is 5.16. The summed E-state index contributed by atoms with van der Waals surface area (Å²) in [7, 11) is 2.28. The highest BCUT2D eigenvalue weighted by molar-refractivity contribution is 6.31. The molecule has 0 bridgehead atoms. The van der Waals surface area contributed by atoms with Gasteiger partial charge < -0.3 is 14.5 Å². The van der Waals surface area contributed by atoms with Gasteiger partial charge in [0.1, 0.15) is 5.75 Å². The number of benzene rings is 2. The molecule has 4 nitrogen and oxygen atoms in total. The average Bonchev–Trinajstić information content (AvgIpc) is 2.79. The third-order valence-corrected chi connectivity index (χ3v) is 7.25. The SMILES string of the molecule is CCOc1ccc(Cl)c(CC2CCN(CC3CCN(c4ccccc4)CN3C)CC2)c1. The van der Waals surface area contributed by atoms with Crippen molar-refractivity contribution in [1.29, 1.82) is 0 Å². The molecule has 168 valence electrons. The second-order valence-corrected chi connectivity index (χ2v) is 9.48. The first kappa shape index (κ1) is 22.4. The Labute approximate surface area is 192 Å². The number of piperidine rings is 1. The number of nitrogens with zero attached hydrogens (tertiary/aromatic N) is 3. The molecule has 0 N–H and O–H groups in total. The molecule has 2 saturated heterocycles. The number of anilines is 1. The van der Waals surface area contributed by atoms with Gasteiger partial charge in [0.25, 0.3) is 0 Å². The zero-order valence-corrected chi connectivity index (χ0v) is 19.7. The van der Waals surface area contributed by atoms with Crippen molar-refractivity contribution >= 4 is 17.3 Å². The zero-order valence-electron chi connectivity index (χ0n) is 19.0. The summed E-state index contributed by atoms with van der Waals surface area (Å²) in [5.41, 5.74) is 2.57. The number of rotatable bonds is 7. The van der Waals surface area contributed by atoms with Crippen LogP contribution in [-0.4, -0.2) is 62.3 Å². The summed E-state index contributed by atoms with van der Waals surface area (Å²) >= 11 is 6.47. The summed E-state index contributed by atoms with van der Waals surface area (Å²) < 4.78 is 5.66. The van der Waals surface area contributed by atoms with E-state index >= 15 is 0 Å². The second-order valence-electron chi connectivity index (χ2n) is 9.07. The lowest BCUT2D eigenvalue weighted by Gasteiger charge is -2.43. The van der Waals surface area contributed by atoms with E-state index < -0.39 is 0 Å². The summed E-state index contributed by atoms with van der Waals surface area (Å²) in [5.74, 6) is 1.65. The molecule has 0 spiro atoms. The Morgan fingerprint density at radius 1 is 1.00 bits per heavy atom. The highest BCUT2D eigenvalue weighted by Gasteiger charge is 2.28. The highest BCUT2D eigenvalue weighted by atomic mass is 35.5. The van der Waals surface area contributed by atoms with E-state index in [0.717, 1.165) is 30.4 Å². The summed E-state index contributed by atoms with van der Waals surface area (Å²) in [4.78, 5) is 7.69. The number of halogens is 1. The maximum atomic E-state index is 6.47. The molecule has 0 saturated carbocycles. The molecule has 5 heteroatoms. The largest absolute Gasteiger partial charge is 0.494 e. The van der Waals surface area contributed by atoms with E-state index in [1.165, 1.54) is 50.1 Å². The molecule has 0 radical (unpaired) electrons. The Balaban J connectivity index is 1.24. The van der Waals surface area contributed by atoms with Crippen molar-refractivity contribution in [3.05, 3.63) is 59.1 Å². The van der Waals surface area contributed by atoms with E-state index in [9.17, 15) is 0 Å². The van der Waals surface area contributed by atoms with Crippen LogP contribution in [-0.2, 0) is 6.42 Å². The normalized spacial score (nSPS) is 21.4. The summed E-state index contributed by atoms with van der Waals surface area (Å²) in [6, 6.07) is 17.5. The van der Waals surface area contributed by atoms with Gasteiger partial charge in [-0.15, -0.1) is 0 Å². The molecule has 1 atom stereocenters. The van der Waals surface area contributed by atoms with Gasteiger partial charge in [0, 0.05) is 29.8 Å². The van der Waals surface area contributed by atoms with E-state index in [4.69, 9.17) is 16.3 Å². The van der Waals surface area contributed by atoms with Gasteiger partial charge in [0.2, 0.25) is 0 Å². The van der Waals surface area contributed by atoms with E-state index in [2.05, 4.69) is 58.1 Å². The Hall–Kier alpha value is -1.75. The van der Waals surface area contributed by atoms with Crippen LogP contribution in [0.1, 0.15) is 31.7 Å². The molecule has 2 aliphatic rings. The van der Waals surface area contributed by atoms with Gasteiger partial charge in [0.05, 0.1) is 13.3 Å². The lowest BCUT2D eigenvalue weighted by Crippen LogP contribution is -2.53. The van der Waals surface area contributed by atoms with Gasteiger partial charge in [0.15, 0.2) is 0 Å². The third-order valence-electron chi connectivity index (χ3n) is 6.88. The first-order valence-corrected chi connectivity index (χ1v) is 12.1. The van der Waals surface area contributed by atoms with Crippen LogP contribution in [0.5, 0.6) is 5.75 Å². The van der Waals surface area contributed by atoms with Crippen LogP contribution in [0.3, 0.4) is 0 Å². The minimum atomic E-state index is 0.647. The van der Waals surface area contributed by atoms with Crippen molar-refractivity contribution in [3.8, 4) is 5.75 Å². The second kappa shape index (κ2) is 10.7. The van der Waals surface area contributed by atoms with Crippen LogP contribution < -0.4 is 9.64 Å². The number of likely N-dealkylation sites (tertiary alicyclic amines) is 1. The molecule has 2 aromatic carbocycles. The first-order chi connectivity index (χ1) is 15.1. The fourth-order valence-corrected chi connectivity index (χ4v) is 5.20. The third kappa shape index (κ3) is 5.94. The number of hydrogen-bond donors (Lipinski definition) is 0. The van der Waals surface area contributed by atoms with Gasteiger partial charge in [-0.1, -0.05) is 29.8 Å². The van der Waals surface area contributed by atoms with E-state index in [-0.39, 0.29) is 0 Å². The Morgan fingerprint density at radius 2 is 1.77 bits per heavy atom. The van der Waals surface area contributed by atoms with Crippen LogP contribution in [0.25, 0.3) is 0 Å². The Bertz CT molecular complexity index is 823. The van der Waals surface area contributed by atoms with Crippen LogP contribution in [0.4, 0.5) is 5.69 Å². The molecule has 2 aromatic rings. The molecule has 0 amide bonds. The number of hydrogen-bond acceptors (Lipinski definition) is 4. The maximum absolute atomic E-state index is 6.47. The van der Waals surface area contributed by atoms with Gasteiger partial charge in [-0.25, -0.2) is 0 Å². The summed E-state index contributed by atoms with van der Waals surface area (Å²) in [5, 5.41) is 0.873. The number of ether oxygens (including phenoxy) is 1. The van der Waals surface area contributed by atoms with E-state index in [1.807, 2.05) is 19.1 Å². The predicted molar refractivity (Wildman–Crippen MR) is 130 cm³/mol. The lowest BCUT2D eigenvalue weighted by molar-refractivity contribution is 0.109. The molecule has 1 unspecified atom stereocenters. The quantitative estimate of drug-likeness (QED) is 0.590. The maximum Gasteiger partial charge on any atom is 0.119 e. The van der Waals surface area contributed by atoms with Crippen LogP contribution >= 0.6 is 11.6 Å². The molecule has 2 aliphatic heterocycles. The standard InChI is InChI=1S/C26H36ClN3O/c1-3-31-25-9-10-26(27)22(18-25)17-21-11-14-29(15-12-21)19-24-13-16-30(20-28(24)2)23-7-5-4-6-8-23/h4-10,18,21,24H,3,11-17,19-20H2,1-2H3. The van der Waals surface area contributed by atoms with Crippen molar-refractivity contribution < 1.29 is 4.74 Å². The van der Waals surface area contributed by atoms with Gasteiger partial charge in [-0.2, -0.15) is 0 Å². The van der Waals surface area contributed by atoms with Crippen molar-refractivity contribution in [1.82, 2.24) is 9.80 Å². The van der Waals surface area contributed by atoms with E-state index in [1.54, 1.807) is 0 Å². The van der Waals surface area contributed by atoms with Crippen LogP contribution in [0, 0.1) is 5.92 Å². The summed E-state index contributed by atoms with van der Waals surface area (Å²) in [6.45, 7) is 8.45. The fourth-order valence-electron chi connectivity index (χ4n) is 5.01.